The fraction of sp³-hybridized carbons (Fsp3) is 0.538. The third-order valence-corrected chi connectivity index (χ3v) is 3.27. The van der Waals surface area contributed by atoms with E-state index in [9.17, 15) is 17.6 Å². The molecule has 1 aliphatic rings. The van der Waals surface area contributed by atoms with E-state index in [4.69, 9.17) is 0 Å². The van der Waals surface area contributed by atoms with E-state index in [0.29, 0.717) is 11.6 Å². The van der Waals surface area contributed by atoms with Crippen LogP contribution in [0.4, 0.5) is 17.6 Å². The molecule has 2 nitrogen and oxygen atoms in total. The van der Waals surface area contributed by atoms with E-state index in [1.54, 1.807) is 0 Å². The molecule has 0 saturated carbocycles. The van der Waals surface area contributed by atoms with Gasteiger partial charge in [-0.2, -0.15) is 13.2 Å². The average Bonchev–Trinajstić information content (AvgIpc) is 2.71. The van der Waals surface area contributed by atoms with Gasteiger partial charge in [-0.3, -0.25) is 0 Å². The van der Waals surface area contributed by atoms with Crippen molar-refractivity contribution in [2.24, 2.45) is 0 Å². The number of rotatable bonds is 3. The minimum atomic E-state index is -4.51. The topological polar surface area (TPSA) is 15.3 Å². The lowest BCUT2D eigenvalue weighted by Crippen LogP contribution is -2.31. The molecule has 0 amide bonds. The van der Waals surface area contributed by atoms with Crippen LogP contribution in [0.15, 0.2) is 18.2 Å². The molecule has 0 aromatic heterocycles. The van der Waals surface area contributed by atoms with E-state index >= 15 is 0 Å². The van der Waals surface area contributed by atoms with Gasteiger partial charge in [-0.15, -0.1) is 0 Å². The Labute approximate surface area is 109 Å². The zero-order valence-electron chi connectivity index (χ0n) is 10.6. The summed E-state index contributed by atoms with van der Waals surface area (Å²) in [6.07, 6.45) is -3.55. The summed E-state index contributed by atoms with van der Waals surface area (Å²) in [5, 5.41) is 3.16. The predicted molar refractivity (Wildman–Crippen MR) is 64.1 cm³/mol. The van der Waals surface area contributed by atoms with Crippen LogP contribution in [0.5, 0.6) is 0 Å². The van der Waals surface area contributed by atoms with Crippen LogP contribution in [0.25, 0.3) is 0 Å². The van der Waals surface area contributed by atoms with Crippen LogP contribution in [0.1, 0.15) is 17.5 Å². The van der Waals surface area contributed by atoms with Crippen LogP contribution in [-0.2, 0) is 12.7 Å². The molecule has 1 aliphatic heterocycles. The second kappa shape index (κ2) is 5.46. The van der Waals surface area contributed by atoms with E-state index in [2.05, 4.69) is 10.2 Å². The molecule has 0 radical (unpaired) electrons. The van der Waals surface area contributed by atoms with Crippen LogP contribution in [0.3, 0.4) is 0 Å². The molecule has 6 heteroatoms. The van der Waals surface area contributed by atoms with E-state index in [1.165, 1.54) is 0 Å². The lowest BCUT2D eigenvalue weighted by molar-refractivity contribution is -0.137. The quantitative estimate of drug-likeness (QED) is 0.854. The summed E-state index contributed by atoms with van der Waals surface area (Å²) in [5.41, 5.74) is -0.616. The summed E-state index contributed by atoms with van der Waals surface area (Å²) in [7, 11) is 1.99. The Morgan fingerprint density at radius 1 is 1.32 bits per heavy atom. The van der Waals surface area contributed by atoms with Gasteiger partial charge >= 0.3 is 6.18 Å². The minimum absolute atomic E-state index is 0.249. The lowest BCUT2D eigenvalue weighted by atomic mass is 10.1. The van der Waals surface area contributed by atoms with E-state index in [0.717, 1.165) is 31.6 Å². The SMILES string of the molecule is CN1CCC(NCc2cc(F)cc(C(F)(F)F)c2)C1. The third kappa shape index (κ3) is 3.91. The van der Waals surface area contributed by atoms with E-state index in [-0.39, 0.29) is 12.6 Å². The number of alkyl halides is 3. The number of likely N-dealkylation sites (N-methyl/N-ethyl adjacent to an activating group) is 1. The maximum atomic E-state index is 13.2. The number of hydrogen-bond donors (Lipinski definition) is 1. The summed E-state index contributed by atoms with van der Waals surface area (Å²) in [5.74, 6) is -0.852. The van der Waals surface area contributed by atoms with Gasteiger partial charge in [0.1, 0.15) is 5.82 Å². The second-order valence-electron chi connectivity index (χ2n) is 4.97. The lowest BCUT2D eigenvalue weighted by Gasteiger charge is -2.14. The zero-order chi connectivity index (χ0) is 14.0. The Bertz CT molecular complexity index is 445. The molecule has 1 fully saturated rings. The molecule has 106 valence electrons. The van der Waals surface area contributed by atoms with Gasteiger partial charge in [0.15, 0.2) is 0 Å². The smallest absolute Gasteiger partial charge is 0.309 e. The fourth-order valence-electron chi connectivity index (χ4n) is 2.28. The van der Waals surface area contributed by atoms with Crippen molar-refractivity contribution < 1.29 is 17.6 Å². The molecule has 1 unspecified atom stereocenters. The summed E-state index contributed by atoms with van der Waals surface area (Å²) in [6, 6.07) is 2.91. The molecular weight excluding hydrogens is 260 g/mol. The Morgan fingerprint density at radius 2 is 2.05 bits per heavy atom. The summed E-state index contributed by atoms with van der Waals surface area (Å²) in [6.45, 7) is 2.08. The largest absolute Gasteiger partial charge is 0.416 e. The van der Waals surface area contributed by atoms with Gasteiger partial charge in [0.05, 0.1) is 5.56 Å². The standard InChI is InChI=1S/C13H16F4N2/c1-19-3-2-12(8-19)18-7-9-4-10(13(15,16)17)6-11(14)5-9/h4-6,12,18H,2-3,7-8H2,1H3. The van der Waals surface area contributed by atoms with Gasteiger partial charge in [-0.1, -0.05) is 0 Å². The summed E-state index contributed by atoms with van der Waals surface area (Å²) in [4.78, 5) is 2.14. The highest BCUT2D eigenvalue weighted by atomic mass is 19.4. The first-order valence-corrected chi connectivity index (χ1v) is 6.13. The molecule has 1 atom stereocenters. The normalized spacial score (nSPS) is 21.0. The fourth-order valence-corrected chi connectivity index (χ4v) is 2.28. The van der Waals surface area contributed by atoms with Crippen molar-refractivity contribution in [3.05, 3.63) is 35.1 Å². The molecule has 1 aromatic rings. The number of benzene rings is 1. The van der Waals surface area contributed by atoms with Crippen molar-refractivity contribution in [1.82, 2.24) is 10.2 Å². The van der Waals surface area contributed by atoms with Crippen LogP contribution < -0.4 is 5.32 Å². The number of hydrogen-bond acceptors (Lipinski definition) is 2. The summed E-state index contributed by atoms with van der Waals surface area (Å²) >= 11 is 0. The highest BCUT2D eigenvalue weighted by Crippen LogP contribution is 2.30. The van der Waals surface area contributed by atoms with E-state index in [1.807, 2.05) is 7.05 Å². The van der Waals surface area contributed by atoms with Crippen molar-refractivity contribution in [1.29, 1.82) is 0 Å². The molecular formula is C13H16F4N2. The second-order valence-corrected chi connectivity index (χ2v) is 4.97. The predicted octanol–water partition coefficient (Wildman–Crippen LogP) is 2.64. The highest BCUT2D eigenvalue weighted by Gasteiger charge is 2.31. The maximum Gasteiger partial charge on any atom is 0.416 e. The Morgan fingerprint density at radius 3 is 2.63 bits per heavy atom. The molecule has 0 spiro atoms. The van der Waals surface area contributed by atoms with Crippen molar-refractivity contribution in [2.75, 3.05) is 20.1 Å². The molecule has 0 bridgehead atoms. The van der Waals surface area contributed by atoms with Crippen LogP contribution in [-0.4, -0.2) is 31.1 Å². The van der Waals surface area contributed by atoms with Crippen LogP contribution in [0.2, 0.25) is 0 Å². The van der Waals surface area contributed by atoms with Gasteiger partial charge in [0.25, 0.3) is 0 Å². The first kappa shape index (κ1) is 14.3. The minimum Gasteiger partial charge on any atom is -0.309 e. The Kier molecular flexibility index (Phi) is 4.10. The van der Waals surface area contributed by atoms with Gasteiger partial charge in [-0.25, -0.2) is 4.39 Å². The average molecular weight is 276 g/mol. The van der Waals surface area contributed by atoms with Crippen LogP contribution in [0, 0.1) is 5.82 Å². The Balaban J connectivity index is 2.02. The first-order valence-electron chi connectivity index (χ1n) is 6.13. The van der Waals surface area contributed by atoms with Gasteiger partial charge < -0.3 is 10.2 Å². The van der Waals surface area contributed by atoms with Crippen LogP contribution >= 0.6 is 0 Å². The van der Waals surface area contributed by atoms with Gasteiger partial charge in [0.2, 0.25) is 0 Å². The number of halogens is 4. The highest BCUT2D eigenvalue weighted by molar-refractivity contribution is 5.26. The maximum absolute atomic E-state index is 13.2. The van der Waals surface area contributed by atoms with Crippen molar-refractivity contribution in [2.45, 2.75) is 25.2 Å². The molecule has 1 aromatic carbocycles. The number of nitrogens with one attached hydrogen (secondary N) is 1. The van der Waals surface area contributed by atoms with E-state index < -0.39 is 17.6 Å². The number of likely N-dealkylation sites (tertiary alicyclic amines) is 1. The molecule has 19 heavy (non-hydrogen) atoms. The molecule has 2 rings (SSSR count). The first-order chi connectivity index (χ1) is 8.84. The number of nitrogens with zero attached hydrogens (tertiary/aromatic N) is 1. The molecule has 1 N–H and O–H groups in total. The Hall–Kier alpha value is -1.14. The third-order valence-electron chi connectivity index (χ3n) is 3.27. The van der Waals surface area contributed by atoms with Crippen molar-refractivity contribution in [3.8, 4) is 0 Å². The van der Waals surface area contributed by atoms with Crippen molar-refractivity contribution in [3.63, 3.8) is 0 Å². The van der Waals surface area contributed by atoms with Gasteiger partial charge in [0, 0.05) is 19.1 Å². The zero-order valence-corrected chi connectivity index (χ0v) is 10.6. The van der Waals surface area contributed by atoms with Gasteiger partial charge in [-0.05, 0) is 43.8 Å². The summed E-state index contributed by atoms with van der Waals surface area (Å²) < 4.78 is 50.8. The molecule has 0 aliphatic carbocycles. The molecule has 1 heterocycles. The monoisotopic (exact) mass is 276 g/mol. The molecule has 1 saturated heterocycles. The van der Waals surface area contributed by atoms with Crippen molar-refractivity contribution >= 4 is 0 Å².